The maximum atomic E-state index is 12.3. The van der Waals surface area contributed by atoms with Crippen LogP contribution in [0.1, 0.15) is 16.4 Å². The molecule has 6 nitrogen and oxygen atoms in total. The summed E-state index contributed by atoms with van der Waals surface area (Å²) in [4.78, 5) is 16.5. The van der Waals surface area contributed by atoms with Crippen molar-refractivity contribution in [3.05, 3.63) is 64.2 Å². The fourth-order valence-electron chi connectivity index (χ4n) is 2.12. The molecule has 2 N–H and O–H groups in total. The summed E-state index contributed by atoms with van der Waals surface area (Å²) in [7, 11) is 0. The van der Waals surface area contributed by atoms with Crippen molar-refractivity contribution >= 4 is 34.8 Å². The highest BCUT2D eigenvalue weighted by atomic mass is 35.5. The standard InChI is InChI=1S/C16H12Cl2N4O2/c1-9-19-15(21-22(9)13-5-3-2-4-11(13)18)16(24)20-12-8-10(17)6-7-14(12)23/h2-8,23H,1H3,(H,20,24). The van der Waals surface area contributed by atoms with Gasteiger partial charge in [-0.25, -0.2) is 9.67 Å². The van der Waals surface area contributed by atoms with Crippen molar-refractivity contribution in [1.29, 1.82) is 0 Å². The lowest BCUT2D eigenvalue weighted by Gasteiger charge is -2.06. The van der Waals surface area contributed by atoms with Crippen molar-refractivity contribution in [1.82, 2.24) is 14.8 Å². The first kappa shape index (κ1) is 16.3. The number of hydrogen-bond acceptors (Lipinski definition) is 4. The maximum Gasteiger partial charge on any atom is 0.295 e. The lowest BCUT2D eigenvalue weighted by atomic mass is 10.3. The Kier molecular flexibility index (Phi) is 4.42. The number of aryl methyl sites for hydroxylation is 1. The highest BCUT2D eigenvalue weighted by Crippen LogP contribution is 2.27. The summed E-state index contributed by atoms with van der Waals surface area (Å²) in [6.07, 6.45) is 0. The van der Waals surface area contributed by atoms with Gasteiger partial charge < -0.3 is 10.4 Å². The second-order valence-electron chi connectivity index (χ2n) is 4.96. The predicted octanol–water partition coefficient (Wildman–Crippen LogP) is 3.84. The van der Waals surface area contributed by atoms with Crippen LogP contribution < -0.4 is 5.32 Å². The van der Waals surface area contributed by atoms with Gasteiger partial charge in [0.25, 0.3) is 5.91 Å². The van der Waals surface area contributed by atoms with Crippen molar-refractivity contribution in [3.8, 4) is 11.4 Å². The smallest absolute Gasteiger partial charge is 0.295 e. The zero-order chi connectivity index (χ0) is 17.3. The fourth-order valence-corrected chi connectivity index (χ4v) is 2.51. The number of amides is 1. The summed E-state index contributed by atoms with van der Waals surface area (Å²) in [6.45, 7) is 1.71. The first-order valence-corrected chi connectivity index (χ1v) is 7.70. The van der Waals surface area contributed by atoms with Crippen molar-refractivity contribution in [3.63, 3.8) is 0 Å². The maximum absolute atomic E-state index is 12.3. The van der Waals surface area contributed by atoms with Gasteiger partial charge >= 0.3 is 0 Å². The van der Waals surface area contributed by atoms with E-state index in [1.54, 1.807) is 25.1 Å². The van der Waals surface area contributed by atoms with Gasteiger partial charge in [0, 0.05) is 5.02 Å². The van der Waals surface area contributed by atoms with E-state index in [2.05, 4.69) is 15.4 Å². The molecule has 0 bridgehead atoms. The quantitative estimate of drug-likeness (QED) is 0.693. The molecule has 24 heavy (non-hydrogen) atoms. The summed E-state index contributed by atoms with van der Waals surface area (Å²) in [5.41, 5.74) is 0.799. The minimum Gasteiger partial charge on any atom is -0.506 e. The van der Waals surface area contributed by atoms with Gasteiger partial charge in [-0.2, -0.15) is 0 Å². The summed E-state index contributed by atoms with van der Waals surface area (Å²) in [6, 6.07) is 11.4. The number of nitrogens with zero attached hydrogens (tertiary/aromatic N) is 3. The van der Waals surface area contributed by atoms with Gasteiger partial charge in [-0.15, -0.1) is 5.10 Å². The number of para-hydroxylation sites is 1. The molecule has 0 unspecified atom stereocenters. The Bertz CT molecular complexity index is 924. The number of rotatable bonds is 3. The van der Waals surface area contributed by atoms with Crippen LogP contribution in [0, 0.1) is 6.92 Å². The molecule has 3 aromatic rings. The van der Waals surface area contributed by atoms with E-state index in [4.69, 9.17) is 23.2 Å². The zero-order valence-electron chi connectivity index (χ0n) is 12.5. The molecular formula is C16H12Cl2N4O2. The number of phenols is 1. The Balaban J connectivity index is 1.91. The van der Waals surface area contributed by atoms with Crippen LogP contribution in [0.4, 0.5) is 5.69 Å². The average molecular weight is 363 g/mol. The average Bonchev–Trinajstić information content (AvgIpc) is 2.93. The minimum atomic E-state index is -0.568. The Morgan fingerprint density at radius 2 is 1.96 bits per heavy atom. The van der Waals surface area contributed by atoms with Crippen LogP contribution in [-0.4, -0.2) is 25.8 Å². The normalized spacial score (nSPS) is 10.6. The van der Waals surface area contributed by atoms with Crippen LogP contribution in [-0.2, 0) is 0 Å². The predicted molar refractivity (Wildman–Crippen MR) is 92.2 cm³/mol. The number of aromatic nitrogens is 3. The molecule has 122 valence electrons. The molecule has 8 heteroatoms. The van der Waals surface area contributed by atoms with Crippen LogP contribution in [0.25, 0.3) is 5.69 Å². The van der Waals surface area contributed by atoms with Gasteiger partial charge in [0.1, 0.15) is 11.6 Å². The molecule has 0 aliphatic heterocycles. The van der Waals surface area contributed by atoms with E-state index in [0.717, 1.165) is 0 Å². The number of benzene rings is 2. The number of hydrogen-bond donors (Lipinski definition) is 2. The monoisotopic (exact) mass is 362 g/mol. The number of carbonyl (C=O) groups excluding carboxylic acids is 1. The molecule has 3 rings (SSSR count). The highest BCUT2D eigenvalue weighted by Gasteiger charge is 2.17. The second-order valence-corrected chi connectivity index (χ2v) is 5.81. The third kappa shape index (κ3) is 3.20. The van der Waals surface area contributed by atoms with Crippen LogP contribution in [0.15, 0.2) is 42.5 Å². The van der Waals surface area contributed by atoms with Gasteiger partial charge in [-0.05, 0) is 37.3 Å². The lowest BCUT2D eigenvalue weighted by molar-refractivity contribution is 0.101. The van der Waals surface area contributed by atoms with Crippen LogP contribution in [0.2, 0.25) is 10.0 Å². The molecule has 2 aromatic carbocycles. The van der Waals surface area contributed by atoms with Crippen LogP contribution in [0.5, 0.6) is 5.75 Å². The third-order valence-electron chi connectivity index (χ3n) is 3.26. The minimum absolute atomic E-state index is 0.0493. The Labute approximate surface area is 147 Å². The van der Waals surface area contributed by atoms with E-state index in [1.807, 2.05) is 6.07 Å². The third-order valence-corrected chi connectivity index (χ3v) is 3.81. The van der Waals surface area contributed by atoms with Crippen LogP contribution >= 0.6 is 23.2 Å². The fraction of sp³-hybridized carbons (Fsp3) is 0.0625. The number of nitrogens with one attached hydrogen (secondary N) is 1. The number of aromatic hydroxyl groups is 1. The number of halogens is 2. The molecular weight excluding hydrogens is 351 g/mol. The van der Waals surface area contributed by atoms with Crippen molar-refractivity contribution < 1.29 is 9.90 Å². The molecule has 0 aliphatic rings. The zero-order valence-corrected chi connectivity index (χ0v) is 14.0. The number of anilines is 1. The van der Waals surface area contributed by atoms with Gasteiger partial charge in [-0.3, -0.25) is 4.79 Å². The number of carbonyl (C=O) groups is 1. The van der Waals surface area contributed by atoms with Gasteiger partial charge in [0.05, 0.1) is 16.4 Å². The van der Waals surface area contributed by atoms with E-state index in [9.17, 15) is 9.90 Å². The van der Waals surface area contributed by atoms with Crippen molar-refractivity contribution in [2.75, 3.05) is 5.32 Å². The van der Waals surface area contributed by atoms with Gasteiger partial charge in [0.2, 0.25) is 5.82 Å². The first-order valence-electron chi connectivity index (χ1n) is 6.94. The van der Waals surface area contributed by atoms with Crippen molar-refractivity contribution in [2.45, 2.75) is 6.92 Å². The second kappa shape index (κ2) is 6.51. The molecule has 0 saturated heterocycles. The molecule has 1 heterocycles. The van der Waals surface area contributed by atoms with Gasteiger partial charge in [0.15, 0.2) is 0 Å². The summed E-state index contributed by atoms with van der Waals surface area (Å²) < 4.78 is 1.48. The molecule has 0 spiro atoms. The first-order chi connectivity index (χ1) is 11.5. The Hall–Kier alpha value is -2.57. The molecule has 0 fully saturated rings. The van der Waals surface area contributed by atoms with E-state index in [1.165, 1.54) is 22.9 Å². The molecule has 0 saturated carbocycles. The van der Waals surface area contributed by atoms with Gasteiger partial charge in [-0.1, -0.05) is 35.3 Å². The lowest BCUT2D eigenvalue weighted by Crippen LogP contribution is -2.14. The summed E-state index contributed by atoms with van der Waals surface area (Å²) >= 11 is 12.0. The van der Waals surface area contributed by atoms with E-state index in [-0.39, 0.29) is 17.3 Å². The van der Waals surface area contributed by atoms with Crippen molar-refractivity contribution in [2.24, 2.45) is 0 Å². The number of phenolic OH excluding ortho intramolecular Hbond substituents is 1. The largest absolute Gasteiger partial charge is 0.506 e. The van der Waals surface area contributed by atoms with E-state index >= 15 is 0 Å². The van der Waals surface area contributed by atoms with E-state index in [0.29, 0.717) is 21.6 Å². The molecule has 0 radical (unpaired) electrons. The summed E-state index contributed by atoms with van der Waals surface area (Å²) in [5.74, 6) is -0.216. The highest BCUT2D eigenvalue weighted by molar-refractivity contribution is 6.32. The Morgan fingerprint density at radius 3 is 2.71 bits per heavy atom. The van der Waals surface area contributed by atoms with E-state index < -0.39 is 5.91 Å². The Morgan fingerprint density at radius 1 is 1.21 bits per heavy atom. The summed E-state index contributed by atoms with van der Waals surface area (Å²) in [5, 5.41) is 17.4. The van der Waals surface area contributed by atoms with Crippen LogP contribution in [0.3, 0.4) is 0 Å². The molecule has 1 aromatic heterocycles. The molecule has 0 atom stereocenters. The molecule has 1 amide bonds. The molecule has 0 aliphatic carbocycles. The topological polar surface area (TPSA) is 80.0 Å². The SMILES string of the molecule is Cc1nc(C(=O)Nc2cc(Cl)ccc2O)nn1-c1ccccc1Cl.